The van der Waals surface area contributed by atoms with Gasteiger partial charge in [-0.3, -0.25) is 9.78 Å². The summed E-state index contributed by atoms with van der Waals surface area (Å²) in [7, 11) is -4.00. The van der Waals surface area contributed by atoms with Gasteiger partial charge >= 0.3 is 0 Å². The lowest BCUT2D eigenvalue weighted by molar-refractivity contribution is -0.0647. The van der Waals surface area contributed by atoms with Crippen LogP contribution in [0.4, 0.5) is 18.9 Å². The number of amides is 1. The average Bonchev–Trinajstić information content (AvgIpc) is 3.04. The molecule has 2 aliphatic rings. The van der Waals surface area contributed by atoms with E-state index in [4.69, 9.17) is 11.6 Å². The number of sulfone groups is 1. The summed E-state index contributed by atoms with van der Waals surface area (Å²) in [6.45, 7) is 0. The molecule has 2 bridgehead atoms. The molecule has 11 heteroatoms. The Morgan fingerprint density at radius 2 is 1.59 bits per heavy atom. The molecule has 194 valence electrons. The van der Waals surface area contributed by atoms with E-state index >= 15 is 0 Å². The lowest BCUT2D eigenvalue weighted by Gasteiger charge is -2.42. The molecule has 0 radical (unpaired) electrons. The Morgan fingerprint density at radius 1 is 1.00 bits per heavy atom. The lowest BCUT2D eigenvalue weighted by Crippen LogP contribution is -2.45. The highest BCUT2D eigenvalue weighted by Gasteiger charge is 2.56. The molecule has 1 amide bonds. The van der Waals surface area contributed by atoms with Gasteiger partial charge in [-0.1, -0.05) is 11.6 Å². The molecule has 0 saturated heterocycles. The molecule has 2 N–H and O–H groups in total. The highest BCUT2D eigenvalue weighted by atomic mass is 35.5. The molecular formula is C26H22ClF3N2O4S. The summed E-state index contributed by atoms with van der Waals surface area (Å²) in [5.74, 6) is -6.03. The van der Waals surface area contributed by atoms with Crippen LogP contribution in [0.25, 0.3) is 0 Å². The van der Waals surface area contributed by atoms with E-state index in [0.717, 1.165) is 11.6 Å². The van der Waals surface area contributed by atoms with Crippen LogP contribution in [0.1, 0.15) is 41.6 Å². The number of hydrogen-bond donors (Lipinski definition) is 2. The Balaban J connectivity index is 1.41. The van der Waals surface area contributed by atoms with Gasteiger partial charge in [0.15, 0.2) is 27.3 Å². The number of anilines is 1. The number of hydrogen-bond acceptors (Lipinski definition) is 5. The highest BCUT2D eigenvalue weighted by molar-refractivity contribution is 7.92. The number of aromatic nitrogens is 1. The Labute approximate surface area is 216 Å². The van der Waals surface area contributed by atoms with Gasteiger partial charge in [0, 0.05) is 35.8 Å². The van der Waals surface area contributed by atoms with E-state index in [1.807, 2.05) is 0 Å². The molecule has 2 fully saturated rings. The fraction of sp³-hybridized carbons (Fsp3) is 0.308. The van der Waals surface area contributed by atoms with Crippen molar-refractivity contribution in [2.45, 2.75) is 41.4 Å². The first-order valence-electron chi connectivity index (χ1n) is 11.6. The van der Waals surface area contributed by atoms with Gasteiger partial charge in [0.2, 0.25) is 0 Å². The number of nitrogens with zero attached hydrogens (tertiary/aromatic N) is 1. The van der Waals surface area contributed by atoms with Crippen molar-refractivity contribution in [3.63, 3.8) is 0 Å². The smallest absolute Gasteiger partial charge is 0.255 e. The number of halogens is 4. The van der Waals surface area contributed by atoms with Gasteiger partial charge in [-0.15, -0.1) is 0 Å². The van der Waals surface area contributed by atoms with Crippen LogP contribution in [-0.4, -0.2) is 29.7 Å². The SMILES string of the molecule is O=C(Nc1cc(F)c(F)c(F)c1)c1ccc(Cl)c(S(=O)(=O)[C@@H]2CC3CC[C@@H](C2)[C@@]3(O)c2ccncc2)c1. The van der Waals surface area contributed by atoms with E-state index in [9.17, 15) is 31.5 Å². The maximum absolute atomic E-state index is 13.7. The largest absolute Gasteiger partial charge is 0.385 e. The summed E-state index contributed by atoms with van der Waals surface area (Å²) in [5, 5.41) is 12.9. The molecular weight excluding hydrogens is 529 g/mol. The molecule has 1 unspecified atom stereocenters. The van der Waals surface area contributed by atoms with Gasteiger partial charge in [-0.25, -0.2) is 21.6 Å². The molecule has 6 nitrogen and oxygen atoms in total. The van der Waals surface area contributed by atoms with Gasteiger partial charge in [0.1, 0.15) is 0 Å². The molecule has 2 aromatic carbocycles. The number of nitrogens with one attached hydrogen (secondary N) is 1. The molecule has 3 aromatic rings. The first-order valence-corrected chi connectivity index (χ1v) is 13.6. The Hall–Kier alpha value is -2.95. The number of benzene rings is 2. The second kappa shape index (κ2) is 9.41. The van der Waals surface area contributed by atoms with E-state index < -0.39 is 44.0 Å². The van der Waals surface area contributed by atoms with Gasteiger partial charge < -0.3 is 10.4 Å². The summed E-state index contributed by atoms with van der Waals surface area (Å²) in [6, 6.07) is 8.39. The molecule has 0 spiro atoms. The van der Waals surface area contributed by atoms with Crippen molar-refractivity contribution in [1.29, 1.82) is 0 Å². The summed E-state index contributed by atoms with van der Waals surface area (Å²) in [5.41, 5.74) is -0.864. The predicted molar refractivity (Wildman–Crippen MR) is 130 cm³/mol. The third kappa shape index (κ3) is 4.41. The minimum absolute atomic E-state index is 0.0715. The topological polar surface area (TPSA) is 96.4 Å². The zero-order chi connectivity index (χ0) is 26.5. The van der Waals surface area contributed by atoms with Crippen molar-refractivity contribution in [3.8, 4) is 0 Å². The number of rotatable bonds is 5. The zero-order valence-corrected chi connectivity index (χ0v) is 20.9. The third-order valence-electron chi connectivity index (χ3n) is 7.53. The monoisotopic (exact) mass is 550 g/mol. The Bertz CT molecular complexity index is 1450. The predicted octanol–water partition coefficient (Wildman–Crippen LogP) is 5.25. The van der Waals surface area contributed by atoms with Gasteiger partial charge in [-0.2, -0.15) is 0 Å². The van der Waals surface area contributed by atoms with E-state index in [1.165, 1.54) is 12.1 Å². The fourth-order valence-corrected chi connectivity index (χ4v) is 8.12. The normalized spacial score (nSPS) is 25.2. The van der Waals surface area contributed by atoms with Crippen molar-refractivity contribution in [2.24, 2.45) is 11.8 Å². The van der Waals surface area contributed by atoms with E-state index in [0.29, 0.717) is 25.0 Å². The van der Waals surface area contributed by atoms with E-state index in [1.54, 1.807) is 24.5 Å². The van der Waals surface area contributed by atoms with Crippen LogP contribution in [-0.2, 0) is 15.4 Å². The third-order valence-corrected chi connectivity index (χ3v) is 10.2. The van der Waals surface area contributed by atoms with Gasteiger partial charge in [0.05, 0.1) is 20.8 Å². The van der Waals surface area contributed by atoms with Crippen LogP contribution in [0.3, 0.4) is 0 Å². The number of carbonyl (C=O) groups excluding carboxylic acids is 1. The summed E-state index contributed by atoms with van der Waals surface area (Å²) in [6.07, 6.45) is 4.99. The van der Waals surface area contributed by atoms with E-state index in [2.05, 4.69) is 10.3 Å². The number of aliphatic hydroxyl groups is 1. The van der Waals surface area contributed by atoms with E-state index in [-0.39, 0.29) is 45.8 Å². The van der Waals surface area contributed by atoms with Crippen LogP contribution in [0, 0.1) is 29.3 Å². The van der Waals surface area contributed by atoms with Crippen LogP contribution in [0.15, 0.2) is 59.8 Å². The second-order valence-electron chi connectivity index (χ2n) is 9.52. The molecule has 37 heavy (non-hydrogen) atoms. The van der Waals surface area contributed by atoms with Crippen molar-refractivity contribution < 1.29 is 31.5 Å². The Morgan fingerprint density at radius 3 is 2.19 bits per heavy atom. The van der Waals surface area contributed by atoms with Crippen LogP contribution < -0.4 is 5.32 Å². The minimum Gasteiger partial charge on any atom is -0.385 e. The zero-order valence-electron chi connectivity index (χ0n) is 19.3. The average molecular weight is 551 g/mol. The quantitative estimate of drug-likeness (QED) is 0.423. The molecule has 2 aliphatic carbocycles. The summed E-state index contributed by atoms with van der Waals surface area (Å²) < 4.78 is 67.6. The number of carbonyl (C=O) groups is 1. The fourth-order valence-electron chi connectivity index (χ4n) is 5.72. The van der Waals surface area contributed by atoms with Crippen LogP contribution in [0.5, 0.6) is 0 Å². The molecule has 5 rings (SSSR count). The summed E-state index contributed by atoms with van der Waals surface area (Å²) >= 11 is 6.26. The van der Waals surface area contributed by atoms with Crippen LogP contribution >= 0.6 is 11.6 Å². The highest BCUT2D eigenvalue weighted by Crippen LogP contribution is 2.56. The molecule has 2 saturated carbocycles. The van der Waals surface area contributed by atoms with Gasteiger partial charge in [-0.05, 0) is 73.4 Å². The van der Waals surface area contributed by atoms with Crippen molar-refractivity contribution in [3.05, 3.63) is 88.5 Å². The maximum Gasteiger partial charge on any atom is 0.255 e. The molecule has 4 atom stereocenters. The Kier molecular flexibility index (Phi) is 6.54. The lowest BCUT2D eigenvalue weighted by atomic mass is 9.70. The first-order chi connectivity index (χ1) is 17.5. The number of fused-ring (bicyclic) bond motifs is 2. The van der Waals surface area contributed by atoms with Crippen molar-refractivity contribution in [1.82, 2.24) is 4.98 Å². The summed E-state index contributed by atoms with van der Waals surface area (Å²) in [4.78, 5) is 16.5. The van der Waals surface area contributed by atoms with Crippen molar-refractivity contribution >= 4 is 33.0 Å². The first kappa shape index (κ1) is 25.7. The molecule has 0 aliphatic heterocycles. The van der Waals surface area contributed by atoms with Crippen molar-refractivity contribution in [2.75, 3.05) is 5.32 Å². The molecule has 1 aromatic heterocycles. The second-order valence-corrected chi connectivity index (χ2v) is 12.1. The molecule has 1 heterocycles. The van der Waals surface area contributed by atoms with Gasteiger partial charge in [0.25, 0.3) is 5.91 Å². The minimum atomic E-state index is -4.00. The van der Waals surface area contributed by atoms with Crippen LogP contribution in [0.2, 0.25) is 5.02 Å². The standard InChI is InChI=1S/C26H22ClF3N2O4S/c27-20-4-1-14(25(33)32-18-12-21(28)24(30)22(29)13-18)9-23(20)37(35,36)19-10-16-2-3-17(11-19)26(16,34)15-5-7-31-8-6-15/h1,4-9,12-13,16-17,19,34H,2-3,10-11H2,(H,32,33)/t16-,17?,19-,26-/m0/s1. The maximum atomic E-state index is 13.7. The number of pyridine rings is 1.